The monoisotopic (exact) mass is 291 g/mol. The van der Waals surface area contributed by atoms with Crippen LogP contribution >= 0.6 is 23.2 Å². The fraction of sp³-hybridized carbons (Fsp3) is 0.286. The van der Waals surface area contributed by atoms with Gasteiger partial charge in [-0.15, -0.1) is 0 Å². The van der Waals surface area contributed by atoms with Crippen molar-refractivity contribution >= 4 is 23.2 Å². The van der Waals surface area contributed by atoms with Crippen molar-refractivity contribution in [3.63, 3.8) is 0 Å². The smallest absolute Gasteiger partial charge is 0.150 e. The Bertz CT molecular complexity index is 693. The maximum Gasteiger partial charge on any atom is 0.150 e. The molecule has 1 saturated carbocycles. The maximum absolute atomic E-state index is 9.22. The van der Waals surface area contributed by atoms with Crippen LogP contribution in [0.1, 0.15) is 35.6 Å². The summed E-state index contributed by atoms with van der Waals surface area (Å²) in [4.78, 5) is 0. The Morgan fingerprint density at radius 2 is 2.11 bits per heavy atom. The highest BCUT2D eigenvalue weighted by Crippen LogP contribution is 2.42. The molecule has 1 aromatic carbocycles. The van der Waals surface area contributed by atoms with Crippen molar-refractivity contribution in [2.24, 2.45) is 0 Å². The van der Waals surface area contributed by atoms with Crippen LogP contribution in [0.25, 0.3) is 5.69 Å². The molecule has 0 radical (unpaired) electrons. The standard InChI is InChI=1S/C14H11Cl2N3/c1-8-2-5-10(6-12(8)15)19-14(16)11(7-17)13(18-19)9-3-4-9/h2,5-6,9H,3-4H2,1H3. The van der Waals surface area contributed by atoms with Crippen LogP contribution in [-0.4, -0.2) is 9.78 Å². The van der Waals surface area contributed by atoms with Gasteiger partial charge in [0.15, 0.2) is 5.15 Å². The lowest BCUT2D eigenvalue weighted by molar-refractivity contribution is 0.837. The summed E-state index contributed by atoms with van der Waals surface area (Å²) in [5, 5.41) is 14.7. The molecule has 5 heteroatoms. The molecule has 1 aromatic heterocycles. The Balaban J connectivity index is 2.14. The second-order valence-corrected chi connectivity index (χ2v) is 5.55. The second kappa shape index (κ2) is 4.56. The minimum atomic E-state index is 0.365. The molecule has 1 heterocycles. The van der Waals surface area contributed by atoms with E-state index in [0.29, 0.717) is 21.7 Å². The lowest BCUT2D eigenvalue weighted by atomic mass is 10.2. The summed E-state index contributed by atoms with van der Waals surface area (Å²) in [5.74, 6) is 0.384. The lowest BCUT2D eigenvalue weighted by Gasteiger charge is -2.05. The van der Waals surface area contributed by atoms with Crippen LogP contribution < -0.4 is 0 Å². The normalized spacial score (nSPS) is 14.4. The molecule has 0 unspecified atom stereocenters. The van der Waals surface area contributed by atoms with Gasteiger partial charge in [0.05, 0.1) is 11.4 Å². The topological polar surface area (TPSA) is 41.6 Å². The predicted molar refractivity (Wildman–Crippen MR) is 75.0 cm³/mol. The van der Waals surface area contributed by atoms with E-state index in [-0.39, 0.29) is 0 Å². The van der Waals surface area contributed by atoms with Gasteiger partial charge in [-0.25, -0.2) is 4.68 Å². The van der Waals surface area contributed by atoms with Crippen LogP contribution in [0.5, 0.6) is 0 Å². The summed E-state index contributed by atoms with van der Waals surface area (Å²) in [6, 6.07) is 7.78. The van der Waals surface area contributed by atoms with E-state index < -0.39 is 0 Å². The van der Waals surface area contributed by atoms with Crippen molar-refractivity contribution in [1.82, 2.24) is 9.78 Å². The van der Waals surface area contributed by atoms with E-state index in [1.54, 1.807) is 4.68 Å². The Morgan fingerprint density at radius 1 is 1.37 bits per heavy atom. The molecular weight excluding hydrogens is 281 g/mol. The molecule has 0 amide bonds. The third-order valence-electron chi connectivity index (χ3n) is 3.33. The molecule has 1 aliphatic rings. The number of aryl methyl sites for hydroxylation is 1. The number of halogens is 2. The molecule has 0 bridgehead atoms. The van der Waals surface area contributed by atoms with Gasteiger partial charge >= 0.3 is 0 Å². The van der Waals surface area contributed by atoms with Gasteiger partial charge in [-0.1, -0.05) is 29.3 Å². The van der Waals surface area contributed by atoms with Gasteiger partial charge in [-0.2, -0.15) is 10.4 Å². The fourth-order valence-electron chi connectivity index (χ4n) is 2.04. The zero-order valence-corrected chi connectivity index (χ0v) is 11.8. The lowest BCUT2D eigenvalue weighted by Crippen LogP contribution is -1.97. The van der Waals surface area contributed by atoms with Gasteiger partial charge in [0.1, 0.15) is 11.6 Å². The van der Waals surface area contributed by atoms with Crippen LogP contribution in [0.3, 0.4) is 0 Å². The molecule has 0 aliphatic heterocycles. The Kier molecular flexibility index (Phi) is 3.00. The molecule has 0 spiro atoms. The van der Waals surface area contributed by atoms with Crippen molar-refractivity contribution in [3.8, 4) is 11.8 Å². The first kappa shape index (κ1) is 12.5. The summed E-state index contributed by atoms with van der Waals surface area (Å²) in [6.07, 6.45) is 2.16. The van der Waals surface area contributed by atoms with Crippen molar-refractivity contribution in [1.29, 1.82) is 5.26 Å². The highest BCUT2D eigenvalue weighted by molar-refractivity contribution is 6.32. The molecule has 2 aromatic rings. The van der Waals surface area contributed by atoms with E-state index >= 15 is 0 Å². The Morgan fingerprint density at radius 3 is 2.68 bits per heavy atom. The third kappa shape index (κ3) is 2.11. The highest BCUT2D eigenvalue weighted by atomic mass is 35.5. The molecule has 3 rings (SSSR count). The maximum atomic E-state index is 9.22. The Hall–Kier alpha value is -1.50. The summed E-state index contributed by atoms with van der Waals surface area (Å²) in [7, 11) is 0. The highest BCUT2D eigenvalue weighted by Gasteiger charge is 2.31. The second-order valence-electron chi connectivity index (χ2n) is 4.78. The summed E-state index contributed by atoms with van der Waals surface area (Å²) in [6.45, 7) is 1.94. The molecule has 0 atom stereocenters. The number of nitriles is 1. The summed E-state index contributed by atoms with van der Waals surface area (Å²) < 4.78 is 1.60. The number of aromatic nitrogens is 2. The number of nitrogens with zero attached hydrogens (tertiary/aromatic N) is 3. The van der Waals surface area contributed by atoms with E-state index in [4.69, 9.17) is 23.2 Å². The third-order valence-corrected chi connectivity index (χ3v) is 4.09. The summed E-state index contributed by atoms with van der Waals surface area (Å²) >= 11 is 12.4. The first-order chi connectivity index (χ1) is 9.11. The van der Waals surface area contributed by atoms with Crippen molar-refractivity contribution in [2.45, 2.75) is 25.7 Å². The van der Waals surface area contributed by atoms with Gasteiger partial charge in [0.2, 0.25) is 0 Å². The summed E-state index contributed by atoms with van der Waals surface area (Å²) in [5.41, 5.74) is 3.07. The minimum Gasteiger partial charge on any atom is -0.220 e. The number of benzene rings is 1. The van der Waals surface area contributed by atoms with E-state index in [1.165, 1.54) is 0 Å². The van der Waals surface area contributed by atoms with Crippen LogP contribution in [0.15, 0.2) is 18.2 Å². The van der Waals surface area contributed by atoms with Gasteiger partial charge in [0.25, 0.3) is 0 Å². The molecule has 0 saturated heterocycles. The number of rotatable bonds is 2. The van der Waals surface area contributed by atoms with Gasteiger partial charge in [0, 0.05) is 10.9 Å². The first-order valence-electron chi connectivity index (χ1n) is 6.07. The zero-order chi connectivity index (χ0) is 13.6. The van der Waals surface area contributed by atoms with Crippen LogP contribution in [-0.2, 0) is 0 Å². The largest absolute Gasteiger partial charge is 0.220 e. The van der Waals surface area contributed by atoms with E-state index in [1.807, 2.05) is 25.1 Å². The SMILES string of the molecule is Cc1ccc(-n2nc(C3CC3)c(C#N)c2Cl)cc1Cl. The molecule has 1 fully saturated rings. The molecule has 0 N–H and O–H groups in total. The number of hydrogen-bond donors (Lipinski definition) is 0. The van der Waals surface area contributed by atoms with Gasteiger partial charge in [-0.05, 0) is 37.5 Å². The van der Waals surface area contributed by atoms with Crippen LogP contribution in [0, 0.1) is 18.3 Å². The average molecular weight is 292 g/mol. The van der Waals surface area contributed by atoms with Crippen LogP contribution in [0.2, 0.25) is 10.2 Å². The molecule has 19 heavy (non-hydrogen) atoms. The average Bonchev–Trinajstić information content (AvgIpc) is 3.17. The van der Waals surface area contributed by atoms with E-state index in [2.05, 4.69) is 11.2 Å². The minimum absolute atomic E-state index is 0.365. The quantitative estimate of drug-likeness (QED) is 0.830. The van der Waals surface area contributed by atoms with Gasteiger partial charge in [-0.3, -0.25) is 0 Å². The predicted octanol–water partition coefficient (Wildman–Crippen LogP) is 4.24. The molecule has 1 aliphatic carbocycles. The first-order valence-corrected chi connectivity index (χ1v) is 6.82. The fourth-order valence-corrected chi connectivity index (χ4v) is 2.49. The molecular formula is C14H11Cl2N3. The zero-order valence-electron chi connectivity index (χ0n) is 10.3. The van der Waals surface area contributed by atoms with Crippen molar-refractivity contribution in [3.05, 3.63) is 45.2 Å². The Labute approximate surface area is 121 Å². The van der Waals surface area contributed by atoms with Crippen molar-refractivity contribution in [2.75, 3.05) is 0 Å². The van der Waals surface area contributed by atoms with E-state index in [0.717, 1.165) is 29.8 Å². The molecule has 96 valence electrons. The van der Waals surface area contributed by atoms with Gasteiger partial charge < -0.3 is 0 Å². The molecule has 3 nitrogen and oxygen atoms in total. The van der Waals surface area contributed by atoms with Crippen LogP contribution in [0.4, 0.5) is 0 Å². The van der Waals surface area contributed by atoms with Crippen molar-refractivity contribution < 1.29 is 0 Å². The van der Waals surface area contributed by atoms with E-state index in [9.17, 15) is 5.26 Å². The number of hydrogen-bond acceptors (Lipinski definition) is 2.